The zero-order valence-electron chi connectivity index (χ0n) is 61.7. The van der Waals surface area contributed by atoms with Crippen molar-refractivity contribution in [2.24, 2.45) is 0 Å². The SMILES string of the molecule is c1ccc(-c2cccc(-c3ccc(-n4c5ccccc5c5ccc(-c6cccc7c8cccc(-c9cccc(-c%10cccc(-c%11ccc(-n%12c%13ccccc%13c%13ccc(-c%14ccc%15c(c%14)c%14ccccc%14n%15-c%14ccccc%14)cc%13%12)c%12sc%13ccccc%13c%11%12)c%10)c9)c8n(-c8ccccc8)c67)cc54)c4sc5ccccc5c34)c2)cc1. The summed E-state index contributed by atoms with van der Waals surface area (Å²) >= 11 is 3.78. The molecule has 0 atom stereocenters. The summed E-state index contributed by atoms with van der Waals surface area (Å²) in [6, 6.07) is 149. The fourth-order valence-electron chi connectivity index (χ4n) is 18.9. The van der Waals surface area contributed by atoms with Crippen molar-refractivity contribution in [1.82, 2.24) is 18.3 Å². The number of aromatic nitrogens is 4. The maximum atomic E-state index is 2.54. The van der Waals surface area contributed by atoms with Crippen LogP contribution in [-0.2, 0) is 0 Å². The number of fused-ring (bicyclic) bond motifs is 18. The van der Waals surface area contributed by atoms with E-state index < -0.39 is 0 Å². The third-order valence-corrected chi connectivity index (χ3v) is 26.3. The minimum absolute atomic E-state index is 1.11. The van der Waals surface area contributed by atoms with Gasteiger partial charge < -0.3 is 18.3 Å². The molecule has 6 heteroatoms. The summed E-state index contributed by atoms with van der Waals surface area (Å²) in [5.41, 5.74) is 30.7. The van der Waals surface area contributed by atoms with Crippen LogP contribution in [0.25, 0.3) is 228 Å². The normalized spacial score (nSPS) is 12.0. The molecular weight excluding hydrogens is 1420 g/mol. The van der Waals surface area contributed by atoms with E-state index in [0.717, 1.165) is 33.6 Å². The van der Waals surface area contributed by atoms with Gasteiger partial charge in [-0.25, -0.2) is 0 Å². The number of para-hydroxylation sites is 7. The molecule has 0 saturated carbocycles. The van der Waals surface area contributed by atoms with E-state index in [2.05, 4.69) is 419 Å². The molecule has 0 aliphatic rings. The summed E-state index contributed by atoms with van der Waals surface area (Å²) in [7, 11) is 0. The van der Waals surface area contributed by atoms with Gasteiger partial charge in [0.25, 0.3) is 0 Å². The Labute approximate surface area is 664 Å². The van der Waals surface area contributed by atoms with E-state index in [-0.39, 0.29) is 0 Å². The molecule has 18 aromatic carbocycles. The lowest BCUT2D eigenvalue weighted by Crippen LogP contribution is -1.97. The molecule has 0 spiro atoms. The van der Waals surface area contributed by atoms with Crippen molar-refractivity contribution in [3.8, 4) is 101 Å². The molecule has 24 aromatic rings. The fraction of sp³-hybridized carbons (Fsp3) is 0. The van der Waals surface area contributed by atoms with Gasteiger partial charge in [-0.15, -0.1) is 22.7 Å². The molecule has 0 N–H and O–H groups in total. The standard InChI is InChI=1S/C108H66N4S2/c1-4-25-67(26-5-1)68-27-20-30-73(61-68)79-56-60-98(108-103(79)90-40-13-18-49-101(90)114-108)112-95-48-17-11-38-84(95)87-55-52-76(66-100(87)112)82-43-24-45-89-88-44-23-42-81(105(88)110(106(82)89)78-35-8-3-9-36-78)75-32-22-29-70(63-75)69-28-21-31-74(62-69)80-57-59-97(107-104(80)91-41-14-19-50-102(91)113-107)111-94-47-16-10-37-83(94)86-54-51-72(65-99(86)111)71-53-58-96-92(64-71)85-39-12-15-46-93(85)109(96)77-33-6-2-7-34-77/h1-66H. The van der Waals surface area contributed by atoms with Gasteiger partial charge in [0.1, 0.15) is 0 Å². The minimum Gasteiger partial charge on any atom is -0.309 e. The number of rotatable bonds is 11. The van der Waals surface area contributed by atoms with Crippen LogP contribution in [0.5, 0.6) is 0 Å². The topological polar surface area (TPSA) is 19.7 Å². The number of hydrogen-bond acceptors (Lipinski definition) is 2. The quantitative estimate of drug-likeness (QED) is 0.123. The van der Waals surface area contributed by atoms with Gasteiger partial charge in [0.05, 0.1) is 64.9 Å². The second-order valence-electron chi connectivity index (χ2n) is 30.1. The first-order chi connectivity index (χ1) is 56.6. The number of benzene rings is 18. The number of nitrogens with zero attached hydrogens (tertiary/aromatic N) is 4. The molecule has 0 bridgehead atoms. The molecule has 0 aliphatic heterocycles. The van der Waals surface area contributed by atoms with E-state index in [1.807, 2.05) is 22.7 Å². The number of thiophene rings is 2. The van der Waals surface area contributed by atoms with Crippen molar-refractivity contribution < 1.29 is 0 Å². The Morgan fingerprint density at radius 3 is 1.03 bits per heavy atom. The number of hydrogen-bond donors (Lipinski definition) is 0. The molecule has 0 aliphatic carbocycles. The largest absolute Gasteiger partial charge is 0.309 e. The van der Waals surface area contributed by atoms with Crippen LogP contribution in [0.1, 0.15) is 0 Å². The Bertz CT molecular complexity index is 8100. The van der Waals surface area contributed by atoms with Gasteiger partial charge in [0.15, 0.2) is 0 Å². The predicted octanol–water partition coefficient (Wildman–Crippen LogP) is 30.5. The first-order valence-electron chi connectivity index (χ1n) is 39.1. The Kier molecular flexibility index (Phi) is 14.5. The monoisotopic (exact) mass is 1480 g/mol. The van der Waals surface area contributed by atoms with Crippen LogP contribution in [0.3, 0.4) is 0 Å². The van der Waals surface area contributed by atoms with E-state index in [4.69, 9.17) is 0 Å². The molecule has 6 heterocycles. The highest BCUT2D eigenvalue weighted by atomic mass is 32.1. The van der Waals surface area contributed by atoms with Crippen LogP contribution >= 0.6 is 22.7 Å². The van der Waals surface area contributed by atoms with Gasteiger partial charge in [-0.05, 0) is 176 Å². The van der Waals surface area contributed by atoms with Gasteiger partial charge in [-0.3, -0.25) is 0 Å². The maximum Gasteiger partial charge on any atom is 0.0641 e. The Morgan fingerprint density at radius 2 is 0.500 bits per heavy atom. The lowest BCUT2D eigenvalue weighted by molar-refractivity contribution is 1.18. The minimum atomic E-state index is 1.11. The molecule has 0 radical (unpaired) electrons. The zero-order valence-corrected chi connectivity index (χ0v) is 63.3. The third kappa shape index (κ3) is 9.88. The van der Waals surface area contributed by atoms with Crippen molar-refractivity contribution in [2.45, 2.75) is 0 Å². The van der Waals surface area contributed by atoms with Crippen molar-refractivity contribution in [2.75, 3.05) is 0 Å². The molecule has 4 nitrogen and oxygen atoms in total. The van der Waals surface area contributed by atoms with Crippen LogP contribution in [0.15, 0.2) is 400 Å². The lowest BCUT2D eigenvalue weighted by Gasteiger charge is -2.15. The second-order valence-corrected chi connectivity index (χ2v) is 32.2. The van der Waals surface area contributed by atoms with Crippen LogP contribution in [0.2, 0.25) is 0 Å². The summed E-state index contributed by atoms with van der Waals surface area (Å²) in [6.45, 7) is 0. The van der Waals surface area contributed by atoms with Crippen LogP contribution < -0.4 is 0 Å². The molecule has 0 amide bonds. The van der Waals surface area contributed by atoms with Crippen LogP contribution in [0, 0.1) is 0 Å². The molecule has 114 heavy (non-hydrogen) atoms. The van der Waals surface area contributed by atoms with Crippen molar-refractivity contribution in [3.63, 3.8) is 0 Å². The Hall–Kier alpha value is -14.4. The Balaban J connectivity index is 0.628. The highest BCUT2D eigenvalue weighted by Gasteiger charge is 2.26. The summed E-state index contributed by atoms with van der Waals surface area (Å²) in [5, 5.41) is 14.9. The third-order valence-electron chi connectivity index (χ3n) is 24.0. The smallest absolute Gasteiger partial charge is 0.0641 e. The first kappa shape index (κ1) is 64.4. The molecule has 530 valence electrons. The van der Waals surface area contributed by atoms with Crippen LogP contribution in [0.4, 0.5) is 0 Å². The molecule has 6 aromatic heterocycles. The first-order valence-corrected chi connectivity index (χ1v) is 40.7. The van der Waals surface area contributed by atoms with Gasteiger partial charge in [-0.2, -0.15) is 0 Å². The summed E-state index contributed by atoms with van der Waals surface area (Å²) in [4.78, 5) is 0. The van der Waals surface area contributed by atoms with Crippen molar-refractivity contribution in [3.05, 3.63) is 400 Å². The molecular formula is C108H66N4S2. The summed E-state index contributed by atoms with van der Waals surface area (Å²) < 4.78 is 15.1. The molecule has 24 rings (SSSR count). The molecule has 0 unspecified atom stereocenters. The van der Waals surface area contributed by atoms with E-state index in [1.54, 1.807) is 0 Å². The van der Waals surface area contributed by atoms with Gasteiger partial charge >= 0.3 is 0 Å². The highest BCUT2D eigenvalue weighted by Crippen LogP contribution is 2.51. The lowest BCUT2D eigenvalue weighted by atomic mass is 9.93. The second kappa shape index (κ2) is 25.6. The predicted molar refractivity (Wildman–Crippen MR) is 488 cm³/mol. The van der Waals surface area contributed by atoms with Crippen molar-refractivity contribution in [1.29, 1.82) is 0 Å². The average Bonchev–Trinajstić information content (AvgIpc) is 1.57. The average molecular weight is 1480 g/mol. The van der Waals surface area contributed by atoms with E-state index in [9.17, 15) is 0 Å². The van der Waals surface area contributed by atoms with Gasteiger partial charge in [0, 0.05) is 96.5 Å². The van der Waals surface area contributed by atoms with E-state index in [0.29, 0.717) is 0 Å². The summed E-state index contributed by atoms with van der Waals surface area (Å²) in [6.07, 6.45) is 0. The van der Waals surface area contributed by atoms with Gasteiger partial charge in [0.2, 0.25) is 0 Å². The van der Waals surface area contributed by atoms with Crippen molar-refractivity contribution >= 4 is 150 Å². The van der Waals surface area contributed by atoms with Crippen LogP contribution in [-0.4, -0.2) is 18.3 Å². The molecule has 0 saturated heterocycles. The zero-order chi connectivity index (χ0) is 74.6. The van der Waals surface area contributed by atoms with E-state index in [1.165, 1.54) is 195 Å². The Morgan fingerprint density at radius 1 is 0.167 bits per heavy atom. The highest BCUT2D eigenvalue weighted by molar-refractivity contribution is 7.26. The maximum absolute atomic E-state index is 2.54. The molecule has 0 fully saturated rings. The van der Waals surface area contributed by atoms with Gasteiger partial charge in [-0.1, -0.05) is 291 Å². The summed E-state index contributed by atoms with van der Waals surface area (Å²) in [5.74, 6) is 0. The fourth-order valence-corrected chi connectivity index (χ4v) is 21.4. The van der Waals surface area contributed by atoms with E-state index >= 15 is 0 Å².